The van der Waals surface area contributed by atoms with Gasteiger partial charge in [0.15, 0.2) is 5.96 Å². The molecule has 0 aliphatic carbocycles. The van der Waals surface area contributed by atoms with Crippen molar-refractivity contribution in [1.82, 2.24) is 10.6 Å². The minimum absolute atomic E-state index is 0. The van der Waals surface area contributed by atoms with E-state index < -0.39 is 5.60 Å². The smallest absolute Gasteiger partial charge is 0.191 e. The molecule has 1 unspecified atom stereocenters. The topological polar surface area (TPSA) is 88.3 Å². The van der Waals surface area contributed by atoms with E-state index in [0.717, 1.165) is 75.9 Å². The van der Waals surface area contributed by atoms with Crippen molar-refractivity contribution in [1.29, 1.82) is 0 Å². The molecule has 1 aliphatic rings. The molecule has 8 heteroatoms. The number of aryl methyl sites for hydroxylation is 2. The summed E-state index contributed by atoms with van der Waals surface area (Å²) in [5.74, 6) is 2.86. The van der Waals surface area contributed by atoms with Gasteiger partial charge in [0.25, 0.3) is 0 Å². The van der Waals surface area contributed by atoms with E-state index in [1.54, 1.807) is 6.92 Å². The van der Waals surface area contributed by atoms with Crippen LogP contribution in [0.1, 0.15) is 50.2 Å². The molecule has 0 bridgehead atoms. The number of hydrogen-bond donors (Lipinski definition) is 3. The fourth-order valence-electron chi connectivity index (χ4n) is 3.37. The Balaban J connectivity index is 0.00000420. The molecule has 1 aliphatic heterocycles. The van der Waals surface area contributed by atoms with Crippen LogP contribution in [0.2, 0.25) is 0 Å². The highest BCUT2D eigenvalue weighted by molar-refractivity contribution is 14.0. The molecular formula is C21H38IN3O4. The predicted molar refractivity (Wildman–Crippen MR) is 126 cm³/mol. The summed E-state index contributed by atoms with van der Waals surface area (Å²) in [4.78, 5) is 4.55. The third kappa shape index (κ3) is 9.23. The number of nitrogens with zero attached hydrogens (tertiary/aromatic N) is 1. The number of ether oxygens (including phenoxy) is 2. The lowest BCUT2D eigenvalue weighted by atomic mass is 9.96. The lowest BCUT2D eigenvalue weighted by Crippen LogP contribution is -2.39. The second-order valence-electron chi connectivity index (χ2n) is 7.71. The van der Waals surface area contributed by atoms with E-state index in [1.807, 2.05) is 26.8 Å². The van der Waals surface area contributed by atoms with Crippen molar-refractivity contribution in [3.8, 4) is 0 Å². The van der Waals surface area contributed by atoms with Gasteiger partial charge in [-0.3, -0.25) is 0 Å². The van der Waals surface area contributed by atoms with Crippen molar-refractivity contribution < 1.29 is 19.0 Å². The van der Waals surface area contributed by atoms with E-state index >= 15 is 0 Å². The van der Waals surface area contributed by atoms with Gasteiger partial charge in [0.05, 0.1) is 6.54 Å². The number of rotatable bonds is 10. The lowest BCUT2D eigenvalue weighted by molar-refractivity contribution is 0.0203. The van der Waals surface area contributed by atoms with Gasteiger partial charge >= 0.3 is 0 Å². The van der Waals surface area contributed by atoms with Crippen LogP contribution < -0.4 is 10.6 Å². The quantitative estimate of drug-likeness (QED) is 0.189. The summed E-state index contributed by atoms with van der Waals surface area (Å²) in [5, 5.41) is 17.3. The molecule has 1 aromatic heterocycles. The van der Waals surface area contributed by atoms with Crippen LogP contribution in [-0.4, -0.2) is 57.1 Å². The fourth-order valence-corrected chi connectivity index (χ4v) is 3.37. The molecule has 168 valence electrons. The minimum Gasteiger partial charge on any atom is -0.466 e. The van der Waals surface area contributed by atoms with Crippen molar-refractivity contribution in [3.63, 3.8) is 0 Å². The maximum absolute atomic E-state index is 10.8. The van der Waals surface area contributed by atoms with Crippen molar-refractivity contribution in [2.24, 2.45) is 10.9 Å². The van der Waals surface area contributed by atoms with Crippen molar-refractivity contribution in [3.05, 3.63) is 23.2 Å². The van der Waals surface area contributed by atoms with Crippen molar-refractivity contribution in [2.75, 3.05) is 46.1 Å². The Morgan fingerprint density at radius 2 is 2.03 bits per heavy atom. The van der Waals surface area contributed by atoms with Gasteiger partial charge in [0, 0.05) is 45.1 Å². The van der Waals surface area contributed by atoms with Crippen LogP contribution in [0.25, 0.3) is 0 Å². The number of aliphatic hydroxyl groups is 1. The van der Waals surface area contributed by atoms with E-state index in [4.69, 9.17) is 13.9 Å². The Hall–Kier alpha value is -0.840. The highest BCUT2D eigenvalue weighted by atomic mass is 127. The normalized spacial score (nSPS) is 17.5. The number of nitrogens with one attached hydrogen (secondary N) is 2. The number of furan rings is 1. The van der Waals surface area contributed by atoms with Crippen LogP contribution in [0.15, 0.2) is 15.5 Å². The summed E-state index contributed by atoms with van der Waals surface area (Å²) in [5.41, 5.74) is -0.289. The molecule has 0 saturated carbocycles. The van der Waals surface area contributed by atoms with Crippen molar-refractivity contribution >= 4 is 29.9 Å². The Morgan fingerprint density at radius 1 is 1.31 bits per heavy atom. The van der Waals surface area contributed by atoms with Crippen LogP contribution in [0, 0.1) is 19.8 Å². The second kappa shape index (κ2) is 13.5. The van der Waals surface area contributed by atoms with Gasteiger partial charge in [-0.25, -0.2) is 4.99 Å². The summed E-state index contributed by atoms with van der Waals surface area (Å²) in [6, 6.07) is 1.88. The van der Waals surface area contributed by atoms with Crippen LogP contribution >= 0.6 is 24.0 Å². The van der Waals surface area contributed by atoms with E-state index in [1.165, 1.54) is 0 Å². The molecule has 0 spiro atoms. The molecule has 2 rings (SSSR count). The Morgan fingerprint density at radius 3 is 2.66 bits per heavy atom. The summed E-state index contributed by atoms with van der Waals surface area (Å²) in [6.45, 7) is 12.6. The zero-order chi connectivity index (χ0) is 20.4. The van der Waals surface area contributed by atoms with E-state index in [-0.39, 0.29) is 30.5 Å². The first-order chi connectivity index (χ1) is 13.4. The molecule has 1 aromatic rings. The van der Waals surface area contributed by atoms with E-state index in [0.29, 0.717) is 11.9 Å². The molecule has 0 amide bonds. The first-order valence-corrected chi connectivity index (χ1v) is 10.4. The zero-order valence-corrected chi connectivity index (χ0v) is 20.6. The third-order valence-electron chi connectivity index (χ3n) is 4.96. The van der Waals surface area contributed by atoms with Gasteiger partial charge in [-0.2, -0.15) is 0 Å². The molecule has 1 saturated heterocycles. The van der Waals surface area contributed by atoms with Crippen LogP contribution in [0.3, 0.4) is 0 Å². The highest BCUT2D eigenvalue weighted by Crippen LogP contribution is 2.27. The van der Waals surface area contributed by atoms with Gasteiger partial charge in [-0.15, -0.1) is 24.0 Å². The molecule has 0 aromatic carbocycles. The first kappa shape index (κ1) is 26.2. The summed E-state index contributed by atoms with van der Waals surface area (Å²) in [7, 11) is 0. The summed E-state index contributed by atoms with van der Waals surface area (Å²) < 4.78 is 16.7. The fraction of sp³-hybridized carbons (Fsp3) is 0.762. The maximum Gasteiger partial charge on any atom is 0.191 e. The first-order valence-electron chi connectivity index (χ1n) is 10.4. The second-order valence-corrected chi connectivity index (χ2v) is 7.71. The average Bonchev–Trinajstić information content (AvgIpc) is 3.02. The van der Waals surface area contributed by atoms with Crippen molar-refractivity contribution in [2.45, 2.75) is 52.6 Å². The van der Waals surface area contributed by atoms with Crippen LogP contribution in [0.4, 0.5) is 0 Å². The van der Waals surface area contributed by atoms with Crippen LogP contribution in [-0.2, 0) is 15.1 Å². The molecule has 1 fully saturated rings. The third-order valence-corrected chi connectivity index (χ3v) is 4.96. The molecule has 7 nitrogen and oxygen atoms in total. The summed E-state index contributed by atoms with van der Waals surface area (Å²) >= 11 is 0. The standard InChI is InChI=1S/C21H37N3O4.HI/c1-5-22-20(23-9-6-10-27-14-18-7-11-26-12-8-18)24-15-21(4,25)19-13-16(2)28-17(19)3;/h13,18,25H,5-12,14-15H2,1-4H3,(H2,22,23,24);1H. The number of hydrogen-bond acceptors (Lipinski definition) is 5. The lowest BCUT2D eigenvalue weighted by Gasteiger charge is -2.22. The SMILES string of the molecule is CCNC(=NCC(C)(O)c1cc(C)oc1C)NCCCOCC1CCOCC1.I. The van der Waals surface area contributed by atoms with Gasteiger partial charge in [0.2, 0.25) is 0 Å². The number of guanidine groups is 1. The van der Waals surface area contributed by atoms with Crippen LogP contribution in [0.5, 0.6) is 0 Å². The monoisotopic (exact) mass is 523 g/mol. The molecular weight excluding hydrogens is 485 g/mol. The molecule has 1 atom stereocenters. The molecule has 29 heavy (non-hydrogen) atoms. The molecule has 3 N–H and O–H groups in total. The number of halogens is 1. The average molecular weight is 523 g/mol. The van der Waals surface area contributed by atoms with Gasteiger partial charge < -0.3 is 29.6 Å². The Bertz CT molecular complexity index is 613. The highest BCUT2D eigenvalue weighted by Gasteiger charge is 2.27. The number of aliphatic imine (C=N–C) groups is 1. The van der Waals surface area contributed by atoms with Gasteiger partial charge in [-0.1, -0.05) is 0 Å². The molecule has 2 heterocycles. The zero-order valence-electron chi connectivity index (χ0n) is 18.3. The van der Waals surface area contributed by atoms with E-state index in [9.17, 15) is 5.11 Å². The Labute approximate surface area is 192 Å². The maximum atomic E-state index is 10.8. The van der Waals surface area contributed by atoms with Gasteiger partial charge in [0.1, 0.15) is 17.1 Å². The summed E-state index contributed by atoms with van der Waals surface area (Å²) in [6.07, 6.45) is 3.11. The largest absolute Gasteiger partial charge is 0.466 e. The minimum atomic E-state index is -1.07. The van der Waals surface area contributed by atoms with E-state index in [2.05, 4.69) is 15.6 Å². The Kier molecular flexibility index (Phi) is 12.2. The molecule has 0 radical (unpaired) electrons. The van der Waals surface area contributed by atoms with Gasteiger partial charge in [-0.05, 0) is 58.9 Å². The predicted octanol–water partition coefficient (Wildman–Crippen LogP) is 3.11.